The monoisotopic (exact) mass is 395 g/mol. The summed E-state index contributed by atoms with van der Waals surface area (Å²) in [5, 5.41) is 2.87. The van der Waals surface area contributed by atoms with Crippen molar-refractivity contribution >= 4 is 11.8 Å². The van der Waals surface area contributed by atoms with Gasteiger partial charge in [-0.2, -0.15) is 0 Å². The molecule has 0 aromatic heterocycles. The summed E-state index contributed by atoms with van der Waals surface area (Å²) >= 11 is 0. The topological polar surface area (TPSA) is 61.9 Å². The number of para-hydroxylation sites is 1. The molecular formula is C23H29N3O3. The van der Waals surface area contributed by atoms with E-state index in [2.05, 4.69) is 24.1 Å². The lowest BCUT2D eigenvalue weighted by molar-refractivity contribution is -0.139. The zero-order valence-electron chi connectivity index (χ0n) is 17.3. The van der Waals surface area contributed by atoms with Gasteiger partial charge in [0.1, 0.15) is 11.5 Å². The van der Waals surface area contributed by atoms with E-state index in [4.69, 9.17) is 4.74 Å². The predicted molar refractivity (Wildman–Crippen MR) is 113 cm³/mol. The Labute approximate surface area is 172 Å². The predicted octanol–water partition coefficient (Wildman–Crippen LogP) is 3.04. The zero-order chi connectivity index (χ0) is 20.8. The number of nitrogens with one attached hydrogen (secondary N) is 1. The highest BCUT2D eigenvalue weighted by atomic mass is 16.5. The number of rotatable bonds is 7. The van der Waals surface area contributed by atoms with Crippen molar-refractivity contribution in [3.05, 3.63) is 60.2 Å². The van der Waals surface area contributed by atoms with Gasteiger partial charge in [-0.05, 0) is 43.7 Å². The van der Waals surface area contributed by atoms with Crippen LogP contribution in [0.5, 0.6) is 11.5 Å². The van der Waals surface area contributed by atoms with E-state index in [0.29, 0.717) is 13.1 Å². The molecule has 1 heterocycles. The zero-order valence-corrected chi connectivity index (χ0v) is 17.3. The molecule has 6 nitrogen and oxygen atoms in total. The molecule has 0 radical (unpaired) electrons. The van der Waals surface area contributed by atoms with E-state index in [9.17, 15) is 9.59 Å². The molecule has 0 spiro atoms. The summed E-state index contributed by atoms with van der Waals surface area (Å²) in [6.45, 7) is 6.00. The molecular weight excluding hydrogens is 366 g/mol. The van der Waals surface area contributed by atoms with Crippen molar-refractivity contribution in [2.45, 2.75) is 38.9 Å². The molecule has 154 valence electrons. The Morgan fingerprint density at radius 1 is 1.14 bits per heavy atom. The molecule has 2 aromatic carbocycles. The Morgan fingerprint density at radius 3 is 2.45 bits per heavy atom. The minimum atomic E-state index is -0.402. The average molecular weight is 396 g/mol. The highest BCUT2D eigenvalue weighted by molar-refractivity contribution is 5.88. The minimum absolute atomic E-state index is 0.0395. The van der Waals surface area contributed by atoms with Crippen LogP contribution in [-0.4, -0.2) is 53.8 Å². The highest BCUT2D eigenvalue weighted by Crippen LogP contribution is 2.22. The first-order valence-corrected chi connectivity index (χ1v) is 10.0. The SMILES string of the molecule is CC(C)N1CCNC(=O)[C@H]1CC(=O)N(C)Cc1ccc(Oc2ccccc2)cc1. The Hall–Kier alpha value is -2.86. The number of piperazine rings is 1. The lowest BCUT2D eigenvalue weighted by Gasteiger charge is -2.38. The van der Waals surface area contributed by atoms with Crippen molar-refractivity contribution in [3.8, 4) is 11.5 Å². The molecule has 1 N–H and O–H groups in total. The third-order valence-electron chi connectivity index (χ3n) is 5.15. The molecule has 0 saturated carbocycles. The van der Waals surface area contributed by atoms with Gasteiger partial charge in [-0.15, -0.1) is 0 Å². The minimum Gasteiger partial charge on any atom is -0.457 e. The molecule has 0 bridgehead atoms. The standard InChI is InChI=1S/C23H29N3O3/c1-17(2)26-14-13-24-23(28)21(26)15-22(27)25(3)16-18-9-11-20(12-10-18)29-19-7-5-4-6-8-19/h4-12,17,21H,13-16H2,1-3H3,(H,24,28)/t21-/m1/s1. The Balaban J connectivity index is 1.57. The first-order chi connectivity index (χ1) is 13.9. The summed E-state index contributed by atoms with van der Waals surface area (Å²) in [6, 6.07) is 17.1. The summed E-state index contributed by atoms with van der Waals surface area (Å²) in [5.41, 5.74) is 1.01. The van der Waals surface area contributed by atoms with Crippen molar-refractivity contribution < 1.29 is 14.3 Å². The van der Waals surface area contributed by atoms with Crippen LogP contribution in [0.4, 0.5) is 0 Å². The van der Waals surface area contributed by atoms with Crippen molar-refractivity contribution in [1.82, 2.24) is 15.1 Å². The second-order valence-electron chi connectivity index (χ2n) is 7.65. The fourth-order valence-corrected chi connectivity index (χ4v) is 3.53. The van der Waals surface area contributed by atoms with Gasteiger partial charge in [-0.1, -0.05) is 30.3 Å². The van der Waals surface area contributed by atoms with Crippen LogP contribution in [0.25, 0.3) is 0 Å². The van der Waals surface area contributed by atoms with Gasteiger partial charge in [-0.3, -0.25) is 14.5 Å². The number of benzene rings is 2. The van der Waals surface area contributed by atoms with Gasteiger partial charge >= 0.3 is 0 Å². The maximum atomic E-state index is 12.7. The lowest BCUT2D eigenvalue weighted by atomic mass is 10.1. The van der Waals surface area contributed by atoms with Gasteiger partial charge in [0.25, 0.3) is 0 Å². The van der Waals surface area contributed by atoms with Crippen LogP contribution in [-0.2, 0) is 16.1 Å². The third kappa shape index (κ3) is 5.57. The quantitative estimate of drug-likeness (QED) is 0.783. The number of nitrogens with zero attached hydrogens (tertiary/aromatic N) is 2. The molecule has 3 rings (SSSR count). The van der Waals surface area contributed by atoms with Crippen molar-refractivity contribution in [2.24, 2.45) is 0 Å². The molecule has 2 aromatic rings. The van der Waals surface area contributed by atoms with Gasteiger partial charge in [0.2, 0.25) is 11.8 Å². The molecule has 6 heteroatoms. The summed E-state index contributed by atoms with van der Waals surface area (Å²) in [7, 11) is 1.77. The molecule has 1 aliphatic heterocycles. The maximum Gasteiger partial charge on any atom is 0.237 e. The summed E-state index contributed by atoms with van der Waals surface area (Å²) < 4.78 is 5.80. The van der Waals surface area contributed by atoms with E-state index < -0.39 is 6.04 Å². The van der Waals surface area contributed by atoms with Crippen LogP contribution >= 0.6 is 0 Å². The summed E-state index contributed by atoms with van der Waals surface area (Å²) in [5.74, 6) is 1.44. The van der Waals surface area contributed by atoms with E-state index in [1.54, 1.807) is 11.9 Å². The number of amides is 2. The maximum absolute atomic E-state index is 12.7. The van der Waals surface area contributed by atoms with Crippen LogP contribution in [0.15, 0.2) is 54.6 Å². The number of hydrogen-bond donors (Lipinski definition) is 1. The van der Waals surface area contributed by atoms with Gasteiger partial charge in [0, 0.05) is 32.7 Å². The van der Waals surface area contributed by atoms with Gasteiger partial charge < -0.3 is 15.0 Å². The fourth-order valence-electron chi connectivity index (χ4n) is 3.53. The van der Waals surface area contributed by atoms with Crippen LogP contribution in [0.1, 0.15) is 25.8 Å². The lowest BCUT2D eigenvalue weighted by Crippen LogP contribution is -2.58. The normalized spacial score (nSPS) is 17.1. The van der Waals surface area contributed by atoms with E-state index in [1.807, 2.05) is 54.6 Å². The van der Waals surface area contributed by atoms with Crippen molar-refractivity contribution in [2.75, 3.05) is 20.1 Å². The third-order valence-corrected chi connectivity index (χ3v) is 5.15. The van der Waals surface area contributed by atoms with E-state index in [-0.39, 0.29) is 24.3 Å². The van der Waals surface area contributed by atoms with Gasteiger partial charge in [-0.25, -0.2) is 0 Å². The first-order valence-electron chi connectivity index (χ1n) is 10.0. The van der Waals surface area contributed by atoms with Crippen molar-refractivity contribution in [1.29, 1.82) is 0 Å². The molecule has 1 fully saturated rings. The number of ether oxygens (including phenoxy) is 1. The Morgan fingerprint density at radius 2 is 1.79 bits per heavy atom. The Kier molecular flexibility index (Phi) is 6.88. The molecule has 29 heavy (non-hydrogen) atoms. The highest BCUT2D eigenvalue weighted by Gasteiger charge is 2.33. The molecule has 0 unspecified atom stereocenters. The second kappa shape index (κ2) is 9.56. The molecule has 1 saturated heterocycles. The van der Waals surface area contributed by atoms with Crippen LogP contribution in [0.3, 0.4) is 0 Å². The average Bonchev–Trinajstić information content (AvgIpc) is 2.71. The van der Waals surface area contributed by atoms with E-state index in [0.717, 1.165) is 23.6 Å². The summed E-state index contributed by atoms with van der Waals surface area (Å²) in [4.78, 5) is 28.8. The largest absolute Gasteiger partial charge is 0.457 e. The first kappa shape index (κ1) is 20.9. The van der Waals surface area contributed by atoms with Crippen LogP contribution < -0.4 is 10.1 Å². The van der Waals surface area contributed by atoms with E-state index in [1.165, 1.54) is 0 Å². The van der Waals surface area contributed by atoms with Gasteiger partial charge in [0.15, 0.2) is 0 Å². The molecule has 1 atom stereocenters. The summed E-state index contributed by atoms with van der Waals surface area (Å²) in [6.07, 6.45) is 0.190. The Bertz CT molecular complexity index is 821. The second-order valence-corrected chi connectivity index (χ2v) is 7.65. The smallest absolute Gasteiger partial charge is 0.237 e. The van der Waals surface area contributed by atoms with Crippen LogP contribution in [0, 0.1) is 0 Å². The molecule has 0 aliphatic carbocycles. The van der Waals surface area contributed by atoms with E-state index >= 15 is 0 Å². The number of carbonyl (C=O) groups is 2. The number of hydrogen-bond acceptors (Lipinski definition) is 4. The molecule has 2 amide bonds. The van der Waals surface area contributed by atoms with Crippen molar-refractivity contribution in [3.63, 3.8) is 0 Å². The fraction of sp³-hybridized carbons (Fsp3) is 0.391. The van der Waals surface area contributed by atoms with Gasteiger partial charge in [0.05, 0.1) is 12.5 Å². The van der Waals surface area contributed by atoms with Crippen LogP contribution in [0.2, 0.25) is 0 Å². The molecule has 1 aliphatic rings. The number of carbonyl (C=O) groups excluding carboxylic acids is 2.